The number of morpholine rings is 1. The number of ether oxygens (including phenoxy) is 1. The highest BCUT2D eigenvalue weighted by Gasteiger charge is 2.36. The van der Waals surface area contributed by atoms with Crippen LogP contribution in [0.5, 0.6) is 0 Å². The molecule has 0 aliphatic carbocycles. The molecule has 0 bridgehead atoms. The Morgan fingerprint density at radius 2 is 2.32 bits per heavy atom. The van der Waals surface area contributed by atoms with Gasteiger partial charge in [-0.2, -0.15) is 0 Å². The Hall–Kier alpha value is -0.970. The summed E-state index contributed by atoms with van der Waals surface area (Å²) in [7, 11) is 0. The Balaban J connectivity index is 1.63. The van der Waals surface area contributed by atoms with Crippen molar-refractivity contribution in [2.24, 2.45) is 0 Å². The molecule has 0 N–H and O–H groups in total. The lowest BCUT2D eigenvalue weighted by Gasteiger charge is -2.46. The number of likely N-dealkylation sites (N-methyl/N-ethyl adjacent to an activating group) is 1. The molecule has 0 spiro atoms. The fraction of sp³-hybridized carbons (Fsp3) is 0.667. The summed E-state index contributed by atoms with van der Waals surface area (Å²) in [4.78, 5) is 9.51. The van der Waals surface area contributed by atoms with Crippen molar-refractivity contribution < 1.29 is 4.74 Å². The van der Waals surface area contributed by atoms with Crippen LogP contribution in [0.4, 0.5) is 0 Å². The third-order valence-corrected chi connectivity index (χ3v) is 4.30. The minimum Gasteiger partial charge on any atom is -0.375 e. The molecule has 2 atom stereocenters. The van der Waals surface area contributed by atoms with Crippen LogP contribution in [0.2, 0.25) is 0 Å². The number of rotatable bonds is 3. The van der Waals surface area contributed by atoms with Crippen LogP contribution in [-0.2, 0) is 11.3 Å². The first kappa shape index (κ1) is 13.0. The van der Waals surface area contributed by atoms with Gasteiger partial charge in [-0.25, -0.2) is 0 Å². The molecule has 2 aliphatic rings. The molecule has 104 valence electrons. The maximum Gasteiger partial charge on any atom is 0.0755 e. The van der Waals surface area contributed by atoms with Crippen LogP contribution in [-0.4, -0.2) is 59.7 Å². The molecule has 2 fully saturated rings. The SMILES string of the molecule is CCN1CCO[C@H]2CCN(Cc3ccccn3)C[C@@H]21. The quantitative estimate of drug-likeness (QED) is 0.822. The summed E-state index contributed by atoms with van der Waals surface area (Å²) in [6.07, 6.45) is 3.46. The van der Waals surface area contributed by atoms with E-state index in [2.05, 4.69) is 33.8 Å². The van der Waals surface area contributed by atoms with Crippen molar-refractivity contribution >= 4 is 0 Å². The molecule has 1 aromatic heterocycles. The molecule has 19 heavy (non-hydrogen) atoms. The summed E-state index contributed by atoms with van der Waals surface area (Å²) in [5, 5.41) is 0. The summed E-state index contributed by atoms with van der Waals surface area (Å²) in [6, 6.07) is 6.72. The molecular formula is C15H23N3O. The van der Waals surface area contributed by atoms with Crippen molar-refractivity contribution in [3.05, 3.63) is 30.1 Å². The van der Waals surface area contributed by atoms with E-state index in [0.717, 1.165) is 45.8 Å². The Labute approximate surface area is 115 Å². The van der Waals surface area contributed by atoms with E-state index in [4.69, 9.17) is 4.74 Å². The number of hydrogen-bond acceptors (Lipinski definition) is 4. The largest absolute Gasteiger partial charge is 0.375 e. The second-order valence-electron chi connectivity index (χ2n) is 5.45. The molecule has 0 aromatic carbocycles. The van der Waals surface area contributed by atoms with Gasteiger partial charge in [-0.15, -0.1) is 0 Å². The summed E-state index contributed by atoms with van der Waals surface area (Å²) in [6.45, 7) is 8.54. The number of likely N-dealkylation sites (tertiary alicyclic amines) is 1. The van der Waals surface area contributed by atoms with E-state index in [-0.39, 0.29) is 0 Å². The van der Waals surface area contributed by atoms with Crippen LogP contribution < -0.4 is 0 Å². The zero-order valence-corrected chi connectivity index (χ0v) is 11.7. The highest BCUT2D eigenvalue weighted by atomic mass is 16.5. The maximum absolute atomic E-state index is 5.93. The third-order valence-electron chi connectivity index (χ3n) is 4.30. The van der Waals surface area contributed by atoms with Gasteiger partial charge in [-0.05, 0) is 25.1 Å². The summed E-state index contributed by atoms with van der Waals surface area (Å²) < 4.78 is 5.93. The van der Waals surface area contributed by atoms with Gasteiger partial charge in [0.25, 0.3) is 0 Å². The number of piperidine rings is 1. The molecule has 4 nitrogen and oxygen atoms in total. The number of aromatic nitrogens is 1. The van der Waals surface area contributed by atoms with Gasteiger partial charge < -0.3 is 4.74 Å². The second kappa shape index (κ2) is 5.99. The summed E-state index contributed by atoms with van der Waals surface area (Å²) in [5.41, 5.74) is 1.17. The lowest BCUT2D eigenvalue weighted by molar-refractivity contribution is -0.102. The van der Waals surface area contributed by atoms with Crippen LogP contribution >= 0.6 is 0 Å². The highest BCUT2D eigenvalue weighted by Crippen LogP contribution is 2.23. The first-order chi connectivity index (χ1) is 9.36. The lowest BCUT2D eigenvalue weighted by Crippen LogP contribution is -2.59. The smallest absolute Gasteiger partial charge is 0.0755 e. The Bertz CT molecular complexity index is 392. The van der Waals surface area contributed by atoms with Crippen LogP contribution in [0.1, 0.15) is 19.0 Å². The standard InChI is InChI=1S/C15H23N3O/c1-2-18-9-10-19-15-6-8-17(12-14(15)18)11-13-5-3-4-7-16-13/h3-5,7,14-15H,2,6,8-12H2,1H3/t14-,15-/m0/s1. The van der Waals surface area contributed by atoms with Gasteiger partial charge in [-0.3, -0.25) is 14.8 Å². The van der Waals surface area contributed by atoms with Gasteiger partial charge in [0.1, 0.15) is 0 Å². The van der Waals surface area contributed by atoms with E-state index in [0.29, 0.717) is 12.1 Å². The minimum absolute atomic E-state index is 0.439. The first-order valence-corrected chi connectivity index (χ1v) is 7.34. The molecule has 2 saturated heterocycles. The summed E-state index contributed by atoms with van der Waals surface area (Å²) in [5.74, 6) is 0. The van der Waals surface area contributed by atoms with Crippen molar-refractivity contribution in [1.29, 1.82) is 0 Å². The predicted molar refractivity (Wildman–Crippen MR) is 74.9 cm³/mol. The van der Waals surface area contributed by atoms with Gasteiger partial charge in [0, 0.05) is 38.4 Å². The normalized spacial score (nSPS) is 29.1. The average molecular weight is 261 g/mol. The number of pyridine rings is 1. The van der Waals surface area contributed by atoms with E-state index < -0.39 is 0 Å². The molecule has 1 aromatic rings. The Kier molecular flexibility index (Phi) is 4.11. The van der Waals surface area contributed by atoms with E-state index in [1.807, 2.05) is 12.3 Å². The van der Waals surface area contributed by atoms with Gasteiger partial charge >= 0.3 is 0 Å². The minimum atomic E-state index is 0.439. The molecular weight excluding hydrogens is 238 g/mol. The van der Waals surface area contributed by atoms with Crippen molar-refractivity contribution in [1.82, 2.24) is 14.8 Å². The van der Waals surface area contributed by atoms with Crippen LogP contribution in [0, 0.1) is 0 Å². The van der Waals surface area contributed by atoms with Crippen molar-refractivity contribution in [2.75, 3.05) is 32.8 Å². The molecule has 0 saturated carbocycles. The van der Waals surface area contributed by atoms with E-state index in [1.54, 1.807) is 0 Å². The van der Waals surface area contributed by atoms with Crippen molar-refractivity contribution in [3.8, 4) is 0 Å². The topological polar surface area (TPSA) is 28.6 Å². The van der Waals surface area contributed by atoms with Crippen molar-refractivity contribution in [2.45, 2.75) is 32.0 Å². The van der Waals surface area contributed by atoms with Crippen molar-refractivity contribution in [3.63, 3.8) is 0 Å². The van der Waals surface area contributed by atoms with Gasteiger partial charge in [-0.1, -0.05) is 13.0 Å². The second-order valence-corrected chi connectivity index (χ2v) is 5.45. The van der Waals surface area contributed by atoms with Gasteiger partial charge in [0.15, 0.2) is 0 Å². The third kappa shape index (κ3) is 2.96. The highest BCUT2D eigenvalue weighted by molar-refractivity contribution is 5.04. The van der Waals surface area contributed by atoms with Gasteiger partial charge in [0.05, 0.1) is 18.4 Å². The fourth-order valence-electron chi connectivity index (χ4n) is 3.26. The molecule has 0 unspecified atom stereocenters. The molecule has 0 radical (unpaired) electrons. The average Bonchev–Trinajstić information content (AvgIpc) is 2.47. The Morgan fingerprint density at radius 1 is 1.37 bits per heavy atom. The zero-order chi connectivity index (χ0) is 13.1. The van der Waals surface area contributed by atoms with Crippen LogP contribution in [0.15, 0.2) is 24.4 Å². The maximum atomic E-state index is 5.93. The van der Waals surface area contributed by atoms with E-state index >= 15 is 0 Å². The number of fused-ring (bicyclic) bond motifs is 1. The predicted octanol–water partition coefficient (Wildman–Crippen LogP) is 1.38. The molecule has 3 heterocycles. The molecule has 2 aliphatic heterocycles. The lowest BCUT2D eigenvalue weighted by atomic mass is 9.98. The molecule has 3 rings (SSSR count). The molecule has 0 amide bonds. The van der Waals surface area contributed by atoms with Crippen LogP contribution in [0.3, 0.4) is 0 Å². The first-order valence-electron chi connectivity index (χ1n) is 7.34. The number of nitrogens with zero attached hydrogens (tertiary/aromatic N) is 3. The van der Waals surface area contributed by atoms with E-state index in [1.165, 1.54) is 5.69 Å². The Morgan fingerprint density at radius 3 is 3.11 bits per heavy atom. The number of hydrogen-bond donors (Lipinski definition) is 0. The molecule has 4 heteroatoms. The fourth-order valence-corrected chi connectivity index (χ4v) is 3.26. The zero-order valence-electron chi connectivity index (χ0n) is 11.7. The van der Waals surface area contributed by atoms with E-state index in [9.17, 15) is 0 Å². The van der Waals surface area contributed by atoms with Gasteiger partial charge in [0.2, 0.25) is 0 Å². The summed E-state index contributed by atoms with van der Waals surface area (Å²) >= 11 is 0. The van der Waals surface area contributed by atoms with Crippen LogP contribution in [0.25, 0.3) is 0 Å². The monoisotopic (exact) mass is 261 g/mol.